The molecule has 2 aliphatic rings. The third-order valence-corrected chi connectivity index (χ3v) is 6.34. The summed E-state index contributed by atoms with van der Waals surface area (Å²) in [5.74, 6) is 1.81. The Kier molecular flexibility index (Phi) is 5.64. The average Bonchev–Trinajstić information content (AvgIpc) is 2.56. The van der Waals surface area contributed by atoms with Crippen LogP contribution in [0.5, 0.6) is 0 Å². The molecule has 1 aromatic heterocycles. The first-order valence-corrected chi connectivity index (χ1v) is 10.1. The summed E-state index contributed by atoms with van der Waals surface area (Å²) in [5.41, 5.74) is 3.01. The first-order valence-electron chi connectivity index (χ1n) is 10.1. The van der Waals surface area contributed by atoms with Crippen LogP contribution in [0.4, 0.5) is 0 Å². The van der Waals surface area contributed by atoms with Crippen LogP contribution in [-0.4, -0.2) is 29.0 Å². The molecule has 0 N–H and O–H groups in total. The minimum Gasteiger partial charge on any atom is -0.300 e. The smallest absolute Gasteiger partial charge is 0.0305 e. The second-order valence-electron chi connectivity index (χ2n) is 9.43. The Morgan fingerprint density at radius 1 is 1.00 bits per heavy atom. The zero-order valence-electron chi connectivity index (χ0n) is 16.2. The third-order valence-electron chi connectivity index (χ3n) is 6.34. The molecule has 0 aromatic carbocycles. The van der Waals surface area contributed by atoms with Gasteiger partial charge in [0.1, 0.15) is 0 Å². The molecule has 1 aliphatic carbocycles. The van der Waals surface area contributed by atoms with Crippen molar-refractivity contribution in [2.45, 2.75) is 84.1 Å². The molecule has 0 bridgehead atoms. The molecule has 1 saturated carbocycles. The van der Waals surface area contributed by atoms with Crippen LogP contribution in [0.1, 0.15) is 77.3 Å². The molecular weight excluding hydrogens is 292 g/mol. The number of likely N-dealkylation sites (tertiary alicyclic amines) is 1. The van der Waals surface area contributed by atoms with Crippen LogP contribution in [-0.2, 0) is 11.8 Å². The highest BCUT2D eigenvalue weighted by Gasteiger charge is 2.28. The Hall–Kier alpha value is -0.890. The molecule has 24 heavy (non-hydrogen) atoms. The number of rotatable bonds is 3. The van der Waals surface area contributed by atoms with Crippen molar-refractivity contribution in [3.8, 4) is 0 Å². The lowest BCUT2D eigenvalue weighted by atomic mass is 9.83. The fourth-order valence-corrected chi connectivity index (χ4v) is 4.47. The Bertz CT molecular complexity index is 515. The molecule has 2 fully saturated rings. The minimum absolute atomic E-state index is 0.199. The van der Waals surface area contributed by atoms with E-state index in [9.17, 15) is 0 Å². The van der Waals surface area contributed by atoms with Gasteiger partial charge in [0, 0.05) is 18.4 Å². The van der Waals surface area contributed by atoms with Gasteiger partial charge in [-0.05, 0) is 86.4 Å². The van der Waals surface area contributed by atoms with Crippen molar-refractivity contribution in [1.29, 1.82) is 0 Å². The summed E-state index contributed by atoms with van der Waals surface area (Å²) >= 11 is 0. The molecule has 0 spiro atoms. The number of hydrogen-bond acceptors (Lipinski definition) is 2. The highest BCUT2D eigenvalue weighted by Crippen LogP contribution is 2.31. The SMILES string of the molecule is CC1CCC(N2CCC(Cc3cncc(C(C)(C)C)c3)CC2)CC1. The van der Waals surface area contributed by atoms with Gasteiger partial charge in [-0.3, -0.25) is 4.98 Å². The van der Waals surface area contributed by atoms with Gasteiger partial charge in [-0.25, -0.2) is 0 Å². The summed E-state index contributed by atoms with van der Waals surface area (Å²) in [6, 6.07) is 3.27. The molecule has 0 atom stereocenters. The van der Waals surface area contributed by atoms with E-state index in [4.69, 9.17) is 0 Å². The molecule has 2 nitrogen and oxygen atoms in total. The van der Waals surface area contributed by atoms with Crippen LogP contribution in [0.2, 0.25) is 0 Å². The summed E-state index contributed by atoms with van der Waals surface area (Å²) in [7, 11) is 0. The molecule has 1 aliphatic heterocycles. The first kappa shape index (κ1) is 17.9. The summed E-state index contributed by atoms with van der Waals surface area (Å²) in [6.45, 7) is 11.9. The highest BCUT2D eigenvalue weighted by atomic mass is 15.2. The van der Waals surface area contributed by atoms with Crippen LogP contribution >= 0.6 is 0 Å². The van der Waals surface area contributed by atoms with E-state index in [1.54, 1.807) is 0 Å². The summed E-state index contributed by atoms with van der Waals surface area (Å²) in [6.07, 6.45) is 13.8. The lowest BCUT2D eigenvalue weighted by Crippen LogP contribution is -2.43. The highest BCUT2D eigenvalue weighted by molar-refractivity contribution is 5.24. The van der Waals surface area contributed by atoms with Gasteiger partial charge in [-0.15, -0.1) is 0 Å². The van der Waals surface area contributed by atoms with Crippen molar-refractivity contribution >= 4 is 0 Å². The van der Waals surface area contributed by atoms with E-state index in [0.29, 0.717) is 0 Å². The fourth-order valence-electron chi connectivity index (χ4n) is 4.47. The molecule has 134 valence electrons. The van der Waals surface area contributed by atoms with Crippen molar-refractivity contribution in [1.82, 2.24) is 9.88 Å². The Morgan fingerprint density at radius 2 is 1.67 bits per heavy atom. The van der Waals surface area contributed by atoms with Gasteiger partial charge >= 0.3 is 0 Å². The molecule has 2 heteroatoms. The second kappa shape index (κ2) is 7.56. The van der Waals surface area contributed by atoms with Gasteiger partial charge in [0.15, 0.2) is 0 Å². The molecule has 0 radical (unpaired) electrons. The number of pyridine rings is 1. The molecule has 3 rings (SSSR count). The molecular formula is C22H36N2. The van der Waals surface area contributed by atoms with Crippen LogP contribution < -0.4 is 0 Å². The van der Waals surface area contributed by atoms with Crippen molar-refractivity contribution < 1.29 is 0 Å². The first-order chi connectivity index (χ1) is 11.4. The van der Waals surface area contributed by atoms with E-state index < -0.39 is 0 Å². The summed E-state index contributed by atoms with van der Waals surface area (Å²) in [4.78, 5) is 7.30. The van der Waals surface area contributed by atoms with E-state index in [2.05, 4.69) is 49.8 Å². The number of aromatic nitrogens is 1. The maximum Gasteiger partial charge on any atom is 0.0305 e. The number of nitrogens with zero attached hydrogens (tertiary/aromatic N) is 2. The summed E-state index contributed by atoms with van der Waals surface area (Å²) < 4.78 is 0. The predicted octanol–water partition coefficient (Wildman–Crippen LogP) is 5.21. The zero-order valence-corrected chi connectivity index (χ0v) is 16.2. The van der Waals surface area contributed by atoms with Crippen molar-refractivity contribution in [3.63, 3.8) is 0 Å². The van der Waals surface area contributed by atoms with Gasteiger partial charge in [0.25, 0.3) is 0 Å². The van der Waals surface area contributed by atoms with Gasteiger partial charge in [0.2, 0.25) is 0 Å². The van der Waals surface area contributed by atoms with Crippen LogP contribution in [0.15, 0.2) is 18.5 Å². The second-order valence-corrected chi connectivity index (χ2v) is 9.43. The lowest BCUT2D eigenvalue weighted by molar-refractivity contribution is 0.0967. The van der Waals surface area contributed by atoms with Gasteiger partial charge in [0.05, 0.1) is 0 Å². The summed E-state index contributed by atoms with van der Waals surface area (Å²) in [5, 5.41) is 0. The van der Waals surface area contributed by atoms with Gasteiger partial charge in [-0.2, -0.15) is 0 Å². The predicted molar refractivity (Wildman–Crippen MR) is 102 cm³/mol. The van der Waals surface area contributed by atoms with Crippen LogP contribution in [0.3, 0.4) is 0 Å². The van der Waals surface area contributed by atoms with E-state index in [1.165, 1.54) is 69.2 Å². The quantitative estimate of drug-likeness (QED) is 0.757. The van der Waals surface area contributed by atoms with Crippen molar-refractivity contribution in [3.05, 3.63) is 29.6 Å². The molecule has 0 unspecified atom stereocenters. The van der Waals surface area contributed by atoms with E-state index >= 15 is 0 Å². The van der Waals surface area contributed by atoms with Crippen molar-refractivity contribution in [2.24, 2.45) is 11.8 Å². The van der Waals surface area contributed by atoms with Crippen molar-refractivity contribution in [2.75, 3.05) is 13.1 Å². The standard InChI is InChI=1S/C22H36N2/c1-17-5-7-21(8-6-17)24-11-9-18(10-12-24)13-19-14-20(16-23-15-19)22(2,3)4/h14-18,21H,5-13H2,1-4H3. The average molecular weight is 329 g/mol. The monoisotopic (exact) mass is 328 g/mol. The molecule has 1 saturated heterocycles. The Balaban J connectivity index is 1.51. The van der Waals surface area contributed by atoms with E-state index in [-0.39, 0.29) is 5.41 Å². The molecule has 2 heterocycles. The van der Waals surface area contributed by atoms with E-state index in [1.807, 2.05) is 6.20 Å². The fraction of sp³-hybridized carbons (Fsp3) is 0.773. The third kappa shape index (κ3) is 4.59. The lowest BCUT2D eigenvalue weighted by Gasteiger charge is -2.40. The maximum atomic E-state index is 4.50. The van der Waals surface area contributed by atoms with Crippen LogP contribution in [0.25, 0.3) is 0 Å². The normalized spacial score (nSPS) is 27.3. The number of hydrogen-bond donors (Lipinski definition) is 0. The zero-order chi connectivity index (χ0) is 17.2. The largest absolute Gasteiger partial charge is 0.300 e. The topological polar surface area (TPSA) is 16.1 Å². The van der Waals surface area contributed by atoms with E-state index in [0.717, 1.165) is 17.9 Å². The Labute approximate surface area is 149 Å². The molecule has 1 aromatic rings. The molecule has 0 amide bonds. The van der Waals surface area contributed by atoms with Crippen LogP contribution in [0, 0.1) is 11.8 Å². The maximum absolute atomic E-state index is 4.50. The number of piperidine rings is 1. The van der Waals surface area contributed by atoms with Gasteiger partial charge in [-0.1, -0.05) is 33.8 Å². The minimum atomic E-state index is 0.199. The van der Waals surface area contributed by atoms with Gasteiger partial charge < -0.3 is 4.90 Å². The Morgan fingerprint density at radius 3 is 2.29 bits per heavy atom.